The van der Waals surface area contributed by atoms with Gasteiger partial charge in [-0.2, -0.15) is 5.10 Å². The Hall–Kier alpha value is -2.08. The zero-order valence-corrected chi connectivity index (χ0v) is 12.8. The summed E-state index contributed by atoms with van der Waals surface area (Å²) in [6, 6.07) is 7.61. The molecule has 0 fully saturated rings. The van der Waals surface area contributed by atoms with Crippen LogP contribution in [0.15, 0.2) is 24.3 Å². The smallest absolute Gasteiger partial charge is 0.175 e. The molecule has 1 heterocycles. The third-order valence-electron chi connectivity index (χ3n) is 3.08. The van der Waals surface area contributed by atoms with Crippen LogP contribution in [0, 0.1) is 13.8 Å². The number of aryl methyl sites for hydroxylation is 2. The van der Waals surface area contributed by atoms with E-state index < -0.39 is 0 Å². The fourth-order valence-electron chi connectivity index (χ4n) is 1.93. The van der Waals surface area contributed by atoms with Gasteiger partial charge in [0.1, 0.15) is 5.75 Å². The average molecular weight is 290 g/mol. The Labute approximate surface area is 123 Å². The van der Waals surface area contributed by atoms with E-state index in [1.54, 1.807) is 7.11 Å². The van der Waals surface area contributed by atoms with Gasteiger partial charge in [-0.15, -0.1) is 0 Å². The van der Waals surface area contributed by atoms with Crippen LogP contribution in [0.3, 0.4) is 0 Å². The highest BCUT2D eigenvalue weighted by molar-refractivity contribution is 7.80. The van der Waals surface area contributed by atoms with Gasteiger partial charge in [0.15, 0.2) is 5.11 Å². The molecule has 0 radical (unpaired) electrons. The summed E-state index contributed by atoms with van der Waals surface area (Å²) >= 11 is 5.33. The number of rotatable bonds is 3. The summed E-state index contributed by atoms with van der Waals surface area (Å²) < 4.78 is 7.00. The first kappa shape index (κ1) is 14.3. The molecule has 0 unspecified atom stereocenters. The van der Waals surface area contributed by atoms with Gasteiger partial charge in [0, 0.05) is 18.8 Å². The Bertz CT molecular complexity index is 636. The topological polar surface area (TPSA) is 51.1 Å². The summed E-state index contributed by atoms with van der Waals surface area (Å²) in [5.74, 6) is 0.784. The van der Waals surface area contributed by atoms with Crippen LogP contribution in [0.5, 0.6) is 5.75 Å². The van der Waals surface area contributed by atoms with Crippen molar-refractivity contribution in [2.45, 2.75) is 13.8 Å². The van der Waals surface area contributed by atoms with Crippen LogP contribution >= 0.6 is 12.2 Å². The normalized spacial score (nSPS) is 10.2. The summed E-state index contributed by atoms with van der Waals surface area (Å²) in [4.78, 5) is 0. The Morgan fingerprint density at radius 3 is 2.65 bits per heavy atom. The molecular weight excluding hydrogens is 272 g/mol. The van der Waals surface area contributed by atoms with E-state index in [1.165, 1.54) is 0 Å². The van der Waals surface area contributed by atoms with E-state index in [0.29, 0.717) is 5.11 Å². The SMILES string of the molecule is COc1cccc(NC(=S)Nc2c(C)nn(C)c2C)c1. The van der Waals surface area contributed by atoms with Gasteiger partial charge in [0.2, 0.25) is 0 Å². The second-order valence-corrected chi connectivity index (χ2v) is 4.89. The molecule has 5 nitrogen and oxygen atoms in total. The number of anilines is 2. The number of methoxy groups -OCH3 is 1. The van der Waals surface area contributed by atoms with Gasteiger partial charge in [0.25, 0.3) is 0 Å². The van der Waals surface area contributed by atoms with E-state index in [9.17, 15) is 0 Å². The average Bonchev–Trinajstić information content (AvgIpc) is 2.65. The summed E-state index contributed by atoms with van der Waals surface area (Å²) in [6.07, 6.45) is 0. The summed E-state index contributed by atoms with van der Waals surface area (Å²) in [5, 5.41) is 11.2. The molecule has 0 spiro atoms. The fraction of sp³-hybridized carbons (Fsp3) is 0.286. The lowest BCUT2D eigenvalue weighted by molar-refractivity contribution is 0.415. The van der Waals surface area contributed by atoms with Gasteiger partial charge < -0.3 is 15.4 Å². The quantitative estimate of drug-likeness (QED) is 0.851. The monoisotopic (exact) mass is 290 g/mol. The molecule has 0 aliphatic rings. The van der Waals surface area contributed by atoms with E-state index in [0.717, 1.165) is 28.5 Å². The Balaban J connectivity index is 2.09. The molecule has 2 aromatic rings. The number of thiocarbonyl (C=S) groups is 1. The summed E-state index contributed by atoms with van der Waals surface area (Å²) in [6.45, 7) is 3.94. The third-order valence-corrected chi connectivity index (χ3v) is 3.28. The summed E-state index contributed by atoms with van der Waals surface area (Å²) in [5.41, 5.74) is 3.77. The molecule has 20 heavy (non-hydrogen) atoms. The van der Waals surface area contributed by atoms with Crippen molar-refractivity contribution < 1.29 is 4.74 Å². The molecule has 6 heteroatoms. The largest absolute Gasteiger partial charge is 0.497 e. The third kappa shape index (κ3) is 3.08. The Kier molecular flexibility index (Phi) is 4.24. The number of ether oxygens (including phenoxy) is 1. The predicted octanol–water partition coefficient (Wildman–Crippen LogP) is 2.85. The highest BCUT2D eigenvalue weighted by Gasteiger charge is 2.10. The lowest BCUT2D eigenvalue weighted by Gasteiger charge is -2.11. The first-order valence-electron chi connectivity index (χ1n) is 6.23. The lowest BCUT2D eigenvalue weighted by Crippen LogP contribution is -2.19. The predicted molar refractivity (Wildman–Crippen MR) is 85.5 cm³/mol. The maximum absolute atomic E-state index is 5.33. The van der Waals surface area contributed by atoms with Crippen molar-refractivity contribution in [2.75, 3.05) is 17.7 Å². The number of nitrogens with zero attached hydrogens (tertiary/aromatic N) is 2. The molecule has 2 rings (SSSR count). The Morgan fingerprint density at radius 1 is 1.30 bits per heavy atom. The van der Waals surface area contributed by atoms with Crippen molar-refractivity contribution in [1.82, 2.24) is 9.78 Å². The number of aromatic nitrogens is 2. The zero-order valence-electron chi connectivity index (χ0n) is 12.0. The number of nitrogens with one attached hydrogen (secondary N) is 2. The van der Waals surface area contributed by atoms with Gasteiger partial charge >= 0.3 is 0 Å². The summed E-state index contributed by atoms with van der Waals surface area (Å²) in [7, 11) is 3.55. The fourth-order valence-corrected chi connectivity index (χ4v) is 2.15. The number of hydrogen-bond donors (Lipinski definition) is 2. The van der Waals surface area contributed by atoms with Crippen LogP contribution in [-0.4, -0.2) is 22.0 Å². The van der Waals surface area contributed by atoms with Crippen LogP contribution < -0.4 is 15.4 Å². The van der Waals surface area contributed by atoms with Crippen molar-refractivity contribution in [1.29, 1.82) is 0 Å². The van der Waals surface area contributed by atoms with Crippen LogP contribution in [0.1, 0.15) is 11.4 Å². The van der Waals surface area contributed by atoms with E-state index in [4.69, 9.17) is 17.0 Å². The van der Waals surface area contributed by atoms with Gasteiger partial charge in [-0.3, -0.25) is 4.68 Å². The molecule has 0 aliphatic carbocycles. The highest BCUT2D eigenvalue weighted by Crippen LogP contribution is 2.20. The van der Waals surface area contributed by atoms with E-state index in [1.807, 2.05) is 49.8 Å². The molecule has 0 amide bonds. The molecule has 0 saturated carbocycles. The molecule has 1 aromatic carbocycles. The minimum absolute atomic E-state index is 0.525. The molecule has 2 N–H and O–H groups in total. The van der Waals surface area contributed by atoms with Crippen molar-refractivity contribution >= 4 is 28.7 Å². The molecule has 0 aliphatic heterocycles. The lowest BCUT2D eigenvalue weighted by atomic mass is 10.3. The zero-order chi connectivity index (χ0) is 14.7. The van der Waals surface area contributed by atoms with Gasteiger partial charge in [-0.25, -0.2) is 0 Å². The maximum atomic E-state index is 5.33. The van der Waals surface area contributed by atoms with Crippen molar-refractivity contribution in [2.24, 2.45) is 7.05 Å². The van der Waals surface area contributed by atoms with Gasteiger partial charge in [-0.05, 0) is 38.2 Å². The van der Waals surface area contributed by atoms with Crippen LogP contribution in [0.4, 0.5) is 11.4 Å². The highest BCUT2D eigenvalue weighted by atomic mass is 32.1. The van der Waals surface area contributed by atoms with E-state index in [-0.39, 0.29) is 0 Å². The maximum Gasteiger partial charge on any atom is 0.175 e. The second-order valence-electron chi connectivity index (χ2n) is 4.48. The standard InChI is InChI=1S/C14H18N4OS/c1-9-13(10(2)18(3)17-9)16-14(20)15-11-6-5-7-12(8-11)19-4/h5-8H,1-4H3,(H2,15,16,20). The first-order chi connectivity index (χ1) is 9.51. The van der Waals surface area contributed by atoms with Crippen molar-refractivity contribution in [3.8, 4) is 5.75 Å². The second kappa shape index (κ2) is 5.92. The molecule has 0 bridgehead atoms. The molecule has 0 atom stereocenters. The van der Waals surface area contributed by atoms with Crippen molar-refractivity contribution in [3.63, 3.8) is 0 Å². The van der Waals surface area contributed by atoms with Crippen molar-refractivity contribution in [3.05, 3.63) is 35.7 Å². The number of hydrogen-bond acceptors (Lipinski definition) is 3. The van der Waals surface area contributed by atoms with Crippen LogP contribution in [0.25, 0.3) is 0 Å². The van der Waals surface area contributed by atoms with Crippen LogP contribution in [0.2, 0.25) is 0 Å². The van der Waals surface area contributed by atoms with E-state index in [2.05, 4.69) is 15.7 Å². The molecule has 0 saturated heterocycles. The molecular formula is C14H18N4OS. The molecule has 106 valence electrons. The Morgan fingerprint density at radius 2 is 2.05 bits per heavy atom. The number of benzene rings is 1. The van der Waals surface area contributed by atoms with Gasteiger partial charge in [0.05, 0.1) is 24.2 Å². The van der Waals surface area contributed by atoms with E-state index >= 15 is 0 Å². The van der Waals surface area contributed by atoms with Gasteiger partial charge in [-0.1, -0.05) is 6.07 Å². The minimum Gasteiger partial charge on any atom is -0.497 e. The van der Waals surface area contributed by atoms with Crippen LogP contribution in [-0.2, 0) is 7.05 Å². The first-order valence-corrected chi connectivity index (χ1v) is 6.64. The molecule has 1 aromatic heterocycles. The minimum atomic E-state index is 0.525.